The van der Waals surface area contributed by atoms with E-state index in [1.165, 1.54) is 11.6 Å². The normalized spacial score (nSPS) is 12.2. The minimum Gasteiger partial charge on any atom is -1.00 e. The van der Waals surface area contributed by atoms with Crippen LogP contribution in [0, 0.1) is 0 Å². The molecule has 0 fully saturated rings. The Balaban J connectivity index is 0.00000324. The monoisotopic (exact) mass is 283 g/mol. The number of hydrogen-bond donors (Lipinski definition) is 0. The minimum absolute atomic E-state index is 0. The SMILES string of the molecule is C=CC(=O)OC(CC)[N+](C)(C)Cc1ccccc1.[Cl-]. The summed E-state index contributed by atoms with van der Waals surface area (Å²) in [6.45, 7) is 6.28. The summed E-state index contributed by atoms with van der Waals surface area (Å²) in [6.07, 6.45) is 1.83. The van der Waals surface area contributed by atoms with Crippen LogP contribution in [0.4, 0.5) is 0 Å². The second-order valence-corrected chi connectivity index (χ2v) is 4.93. The number of quaternary nitrogens is 1. The van der Waals surface area contributed by atoms with Gasteiger partial charge < -0.3 is 17.1 Å². The first kappa shape index (κ1) is 17.7. The lowest BCUT2D eigenvalue weighted by Crippen LogP contribution is -3.00. The van der Waals surface area contributed by atoms with E-state index in [1.54, 1.807) is 0 Å². The average Bonchev–Trinajstić information content (AvgIpc) is 2.36. The van der Waals surface area contributed by atoms with Crippen LogP contribution in [-0.4, -0.2) is 30.8 Å². The molecule has 0 aliphatic rings. The highest BCUT2D eigenvalue weighted by molar-refractivity contribution is 5.81. The van der Waals surface area contributed by atoms with Crippen molar-refractivity contribution in [2.24, 2.45) is 0 Å². The van der Waals surface area contributed by atoms with Crippen molar-refractivity contribution in [3.63, 3.8) is 0 Å². The molecule has 1 atom stereocenters. The molecule has 19 heavy (non-hydrogen) atoms. The van der Waals surface area contributed by atoms with Gasteiger partial charge in [0.15, 0.2) is 0 Å². The molecule has 0 bridgehead atoms. The van der Waals surface area contributed by atoms with Crippen molar-refractivity contribution in [2.75, 3.05) is 14.1 Å². The fourth-order valence-electron chi connectivity index (χ4n) is 2.06. The summed E-state index contributed by atoms with van der Waals surface area (Å²) in [5, 5.41) is 0. The van der Waals surface area contributed by atoms with Gasteiger partial charge in [0.05, 0.1) is 14.1 Å². The molecule has 0 aromatic heterocycles. The third kappa shape index (κ3) is 5.45. The van der Waals surface area contributed by atoms with Crippen molar-refractivity contribution in [1.29, 1.82) is 0 Å². The van der Waals surface area contributed by atoms with Gasteiger partial charge >= 0.3 is 5.97 Å². The number of ether oxygens (including phenoxy) is 1. The first-order valence-electron chi connectivity index (χ1n) is 6.19. The summed E-state index contributed by atoms with van der Waals surface area (Å²) in [7, 11) is 4.13. The molecule has 1 unspecified atom stereocenters. The molecule has 0 heterocycles. The molecule has 0 aliphatic carbocycles. The van der Waals surface area contributed by atoms with Crippen molar-refractivity contribution in [2.45, 2.75) is 26.1 Å². The van der Waals surface area contributed by atoms with Crippen LogP contribution >= 0.6 is 0 Å². The maximum absolute atomic E-state index is 11.3. The fourth-order valence-corrected chi connectivity index (χ4v) is 2.06. The number of carbonyl (C=O) groups excluding carboxylic acids is 1. The maximum Gasteiger partial charge on any atom is 0.334 e. The van der Waals surface area contributed by atoms with Gasteiger partial charge in [-0.15, -0.1) is 0 Å². The number of halogens is 1. The van der Waals surface area contributed by atoms with Crippen molar-refractivity contribution in [3.05, 3.63) is 48.6 Å². The largest absolute Gasteiger partial charge is 1.00 e. The Morgan fingerprint density at radius 2 is 1.95 bits per heavy atom. The predicted octanol–water partition coefficient (Wildman–Crippen LogP) is -0.268. The topological polar surface area (TPSA) is 26.3 Å². The number of esters is 1. The summed E-state index contributed by atoms with van der Waals surface area (Å²) >= 11 is 0. The molecule has 0 N–H and O–H groups in total. The van der Waals surface area contributed by atoms with Crippen LogP contribution in [0.1, 0.15) is 18.9 Å². The van der Waals surface area contributed by atoms with Crippen LogP contribution in [0.5, 0.6) is 0 Å². The zero-order chi connectivity index (χ0) is 13.6. The highest BCUT2D eigenvalue weighted by atomic mass is 35.5. The third-order valence-corrected chi connectivity index (χ3v) is 2.98. The molecule has 0 radical (unpaired) electrons. The Morgan fingerprint density at radius 3 is 2.42 bits per heavy atom. The molecule has 4 heteroatoms. The molecule has 106 valence electrons. The smallest absolute Gasteiger partial charge is 0.334 e. The summed E-state index contributed by atoms with van der Waals surface area (Å²) in [5.41, 5.74) is 1.23. The molecule has 0 saturated heterocycles. The van der Waals surface area contributed by atoms with E-state index in [2.05, 4.69) is 32.8 Å². The van der Waals surface area contributed by atoms with E-state index in [9.17, 15) is 4.79 Å². The number of carbonyl (C=O) groups is 1. The summed E-state index contributed by atoms with van der Waals surface area (Å²) in [4.78, 5) is 11.3. The Hall–Kier alpha value is -1.32. The fraction of sp³-hybridized carbons (Fsp3) is 0.400. The maximum atomic E-state index is 11.3. The molecule has 3 nitrogen and oxygen atoms in total. The number of hydrogen-bond acceptors (Lipinski definition) is 2. The molecule has 0 saturated carbocycles. The molecular formula is C15H22ClNO2. The highest BCUT2D eigenvalue weighted by Gasteiger charge is 2.29. The van der Waals surface area contributed by atoms with E-state index in [0.717, 1.165) is 13.0 Å². The average molecular weight is 284 g/mol. The molecule has 0 aliphatic heterocycles. The van der Waals surface area contributed by atoms with E-state index in [4.69, 9.17) is 4.74 Å². The Morgan fingerprint density at radius 1 is 1.37 bits per heavy atom. The molecule has 0 amide bonds. The number of nitrogens with zero attached hydrogens (tertiary/aromatic N) is 1. The quantitative estimate of drug-likeness (QED) is 0.311. The lowest BCUT2D eigenvalue weighted by atomic mass is 10.2. The van der Waals surface area contributed by atoms with Gasteiger partial charge in [-0.25, -0.2) is 4.79 Å². The molecule has 1 aromatic carbocycles. The van der Waals surface area contributed by atoms with Gasteiger partial charge in [0.25, 0.3) is 0 Å². The van der Waals surface area contributed by atoms with Crippen molar-refractivity contribution in [1.82, 2.24) is 0 Å². The van der Waals surface area contributed by atoms with Gasteiger partial charge in [-0.2, -0.15) is 0 Å². The van der Waals surface area contributed by atoms with Crippen molar-refractivity contribution >= 4 is 5.97 Å². The second-order valence-electron chi connectivity index (χ2n) is 4.93. The van der Waals surface area contributed by atoms with Gasteiger partial charge in [0.1, 0.15) is 6.54 Å². The molecular weight excluding hydrogens is 262 g/mol. The highest BCUT2D eigenvalue weighted by Crippen LogP contribution is 2.17. The third-order valence-electron chi connectivity index (χ3n) is 2.98. The van der Waals surface area contributed by atoms with Crippen LogP contribution < -0.4 is 12.4 Å². The van der Waals surface area contributed by atoms with Gasteiger partial charge in [0.2, 0.25) is 6.23 Å². The Labute approximate surface area is 121 Å². The van der Waals surface area contributed by atoms with E-state index in [-0.39, 0.29) is 24.6 Å². The van der Waals surface area contributed by atoms with E-state index < -0.39 is 0 Å². The Bertz CT molecular complexity index is 404. The van der Waals surface area contributed by atoms with Crippen LogP contribution in [-0.2, 0) is 16.1 Å². The molecule has 0 spiro atoms. The zero-order valence-corrected chi connectivity index (χ0v) is 12.6. The van der Waals surface area contributed by atoms with Crippen molar-refractivity contribution < 1.29 is 26.4 Å². The van der Waals surface area contributed by atoms with E-state index in [0.29, 0.717) is 4.48 Å². The van der Waals surface area contributed by atoms with Gasteiger partial charge in [-0.3, -0.25) is 4.48 Å². The number of rotatable bonds is 6. The minimum atomic E-state index is -0.360. The summed E-state index contributed by atoms with van der Waals surface area (Å²) < 4.78 is 6.01. The lowest BCUT2D eigenvalue weighted by molar-refractivity contribution is -0.947. The van der Waals surface area contributed by atoms with Crippen LogP contribution in [0.3, 0.4) is 0 Å². The van der Waals surface area contributed by atoms with E-state index >= 15 is 0 Å². The van der Waals surface area contributed by atoms with Gasteiger partial charge in [0, 0.05) is 18.1 Å². The van der Waals surface area contributed by atoms with Crippen molar-refractivity contribution in [3.8, 4) is 0 Å². The van der Waals surface area contributed by atoms with Crippen LogP contribution in [0.15, 0.2) is 43.0 Å². The second kappa shape index (κ2) is 7.97. The first-order chi connectivity index (χ1) is 8.49. The van der Waals surface area contributed by atoms with Crippen LogP contribution in [0.25, 0.3) is 0 Å². The summed E-state index contributed by atoms with van der Waals surface area (Å²) in [6, 6.07) is 10.2. The van der Waals surface area contributed by atoms with Gasteiger partial charge in [-0.1, -0.05) is 43.8 Å². The van der Waals surface area contributed by atoms with Crippen LogP contribution in [0.2, 0.25) is 0 Å². The predicted molar refractivity (Wildman–Crippen MR) is 72.6 cm³/mol. The van der Waals surface area contributed by atoms with Gasteiger partial charge in [-0.05, 0) is 0 Å². The zero-order valence-electron chi connectivity index (χ0n) is 11.8. The standard InChI is InChI=1S/C15H22NO2.ClH/c1-5-14(18-15(17)6-2)16(3,4)12-13-10-8-7-9-11-13;/h6-11,14H,2,5,12H2,1,3-4H3;1H/q+1;/p-1. The number of benzene rings is 1. The summed E-state index contributed by atoms with van der Waals surface area (Å²) in [5.74, 6) is -0.360. The molecule has 1 rings (SSSR count). The lowest BCUT2D eigenvalue weighted by Gasteiger charge is -2.36. The molecule has 1 aromatic rings. The first-order valence-corrected chi connectivity index (χ1v) is 6.19. The van der Waals surface area contributed by atoms with E-state index in [1.807, 2.05) is 25.1 Å². The Kier molecular flexibility index (Phi) is 7.42.